The summed E-state index contributed by atoms with van der Waals surface area (Å²) in [6.45, 7) is 0. The maximum Gasteiger partial charge on any atom is 0.271 e. The molecule has 29 heavy (non-hydrogen) atoms. The molecule has 3 aromatic carbocycles. The summed E-state index contributed by atoms with van der Waals surface area (Å²) in [6, 6.07) is 23.7. The molecule has 0 aliphatic carbocycles. The van der Waals surface area contributed by atoms with Gasteiger partial charge in [0, 0.05) is 34.8 Å². The van der Waals surface area contributed by atoms with E-state index < -0.39 is 4.92 Å². The topological polar surface area (TPSA) is 84.6 Å². The maximum atomic E-state index is 12.2. The summed E-state index contributed by atoms with van der Waals surface area (Å²) in [7, 11) is 0. The molecule has 0 unspecified atom stereocenters. The first-order valence-corrected chi connectivity index (χ1v) is 10.1. The van der Waals surface area contributed by atoms with Crippen molar-refractivity contribution in [3.63, 3.8) is 0 Å². The van der Waals surface area contributed by atoms with Gasteiger partial charge in [-0.15, -0.1) is 0 Å². The Bertz CT molecular complexity index is 1010. The van der Waals surface area contributed by atoms with Gasteiger partial charge in [0.25, 0.3) is 11.6 Å². The van der Waals surface area contributed by atoms with Crippen molar-refractivity contribution >= 4 is 29.6 Å². The van der Waals surface area contributed by atoms with Crippen LogP contribution in [0.1, 0.15) is 27.0 Å². The summed E-state index contributed by atoms with van der Waals surface area (Å²) in [5.74, 6) is 1.46. The molecule has 0 aliphatic rings. The first-order valence-electron chi connectivity index (χ1n) is 8.90. The molecule has 6 nitrogen and oxygen atoms in total. The number of benzene rings is 3. The fraction of sp³-hybridized carbons (Fsp3) is 0.0909. The highest BCUT2D eigenvalue weighted by atomic mass is 32.2. The number of hydrogen-bond donors (Lipinski definition) is 1. The van der Waals surface area contributed by atoms with Gasteiger partial charge in [0.15, 0.2) is 0 Å². The number of hydrazone groups is 1. The van der Waals surface area contributed by atoms with E-state index in [-0.39, 0.29) is 11.6 Å². The lowest BCUT2D eigenvalue weighted by Gasteiger charge is -2.04. The van der Waals surface area contributed by atoms with Crippen molar-refractivity contribution in [2.45, 2.75) is 11.5 Å². The van der Waals surface area contributed by atoms with Gasteiger partial charge in [-0.1, -0.05) is 54.6 Å². The Morgan fingerprint density at radius 2 is 1.66 bits per heavy atom. The van der Waals surface area contributed by atoms with Gasteiger partial charge < -0.3 is 0 Å². The van der Waals surface area contributed by atoms with Crippen molar-refractivity contribution < 1.29 is 9.72 Å². The van der Waals surface area contributed by atoms with Gasteiger partial charge in [0.1, 0.15) is 0 Å². The van der Waals surface area contributed by atoms with E-state index >= 15 is 0 Å². The van der Waals surface area contributed by atoms with E-state index in [2.05, 4.69) is 22.7 Å². The summed E-state index contributed by atoms with van der Waals surface area (Å²) in [4.78, 5) is 22.5. The highest BCUT2D eigenvalue weighted by Crippen LogP contribution is 2.18. The molecule has 0 aliphatic heterocycles. The molecule has 146 valence electrons. The average Bonchev–Trinajstić information content (AvgIpc) is 2.75. The molecule has 1 N–H and O–H groups in total. The zero-order valence-electron chi connectivity index (χ0n) is 15.5. The molecule has 0 spiro atoms. The van der Waals surface area contributed by atoms with Gasteiger partial charge in [0.05, 0.1) is 11.1 Å². The molecular formula is C22H19N3O3S. The Kier molecular flexibility index (Phi) is 7.13. The molecule has 1 amide bonds. The second-order valence-electron chi connectivity index (χ2n) is 6.23. The van der Waals surface area contributed by atoms with Crippen LogP contribution in [0.15, 0.2) is 84.0 Å². The second kappa shape index (κ2) is 10.2. The Labute approximate surface area is 172 Å². The quantitative estimate of drug-likeness (QED) is 0.332. The molecule has 3 rings (SSSR count). The molecule has 0 saturated carbocycles. The fourth-order valence-corrected chi connectivity index (χ4v) is 3.52. The van der Waals surface area contributed by atoms with E-state index in [9.17, 15) is 14.9 Å². The lowest BCUT2D eigenvalue weighted by molar-refractivity contribution is -0.384. The number of nitrogens with zero attached hydrogens (tertiary/aromatic N) is 2. The van der Waals surface area contributed by atoms with E-state index in [0.717, 1.165) is 17.1 Å². The molecule has 0 atom stereocenters. The number of rotatable bonds is 8. The van der Waals surface area contributed by atoms with Crippen molar-refractivity contribution in [1.82, 2.24) is 5.43 Å². The molecule has 7 heteroatoms. The van der Waals surface area contributed by atoms with Crippen LogP contribution < -0.4 is 5.43 Å². The first kappa shape index (κ1) is 20.3. The molecule has 0 heterocycles. The third-order valence-electron chi connectivity index (χ3n) is 4.06. The molecule has 0 fully saturated rings. The number of nitrogens with one attached hydrogen (secondary N) is 1. The van der Waals surface area contributed by atoms with Crippen LogP contribution in [0.3, 0.4) is 0 Å². The van der Waals surface area contributed by atoms with E-state index in [4.69, 9.17) is 0 Å². The third kappa shape index (κ3) is 6.29. The normalized spacial score (nSPS) is 10.8. The SMILES string of the molecule is O=C(N/N=C\c1cccc([N+](=O)[O-])c1)c1ccc(CSCc2ccccc2)cc1. The van der Waals surface area contributed by atoms with Crippen LogP contribution in [0, 0.1) is 10.1 Å². The lowest BCUT2D eigenvalue weighted by Crippen LogP contribution is -2.17. The number of thioether (sulfide) groups is 1. The van der Waals surface area contributed by atoms with Crippen LogP contribution in [-0.4, -0.2) is 17.0 Å². The van der Waals surface area contributed by atoms with Gasteiger partial charge in [-0.2, -0.15) is 16.9 Å². The largest absolute Gasteiger partial charge is 0.271 e. The van der Waals surface area contributed by atoms with Gasteiger partial charge in [-0.3, -0.25) is 14.9 Å². The van der Waals surface area contributed by atoms with Crippen molar-refractivity contribution in [2.24, 2.45) is 5.10 Å². The standard InChI is InChI=1S/C22H19N3O3S/c26-22(24-23-14-19-7-4-8-21(13-19)25(27)28)20-11-9-18(10-12-20)16-29-15-17-5-2-1-3-6-17/h1-14H,15-16H2,(H,24,26)/b23-14-. The van der Waals surface area contributed by atoms with Crippen LogP contribution in [0.25, 0.3) is 0 Å². The first-order chi connectivity index (χ1) is 14.1. The van der Waals surface area contributed by atoms with Crippen LogP contribution >= 0.6 is 11.8 Å². The predicted octanol–water partition coefficient (Wildman–Crippen LogP) is 4.79. The smallest absolute Gasteiger partial charge is 0.267 e. The number of amides is 1. The number of non-ortho nitro benzene ring substituents is 1. The monoisotopic (exact) mass is 405 g/mol. The number of carbonyl (C=O) groups is 1. The minimum absolute atomic E-state index is 0.0269. The summed E-state index contributed by atoms with van der Waals surface area (Å²) < 4.78 is 0. The Morgan fingerprint density at radius 3 is 2.34 bits per heavy atom. The molecule has 0 saturated heterocycles. The molecule has 0 bridgehead atoms. The molecule has 3 aromatic rings. The van der Waals surface area contributed by atoms with Gasteiger partial charge in [-0.05, 0) is 23.3 Å². The number of nitro benzene ring substituents is 1. The van der Waals surface area contributed by atoms with Crippen LogP contribution in [-0.2, 0) is 11.5 Å². The Morgan fingerprint density at radius 1 is 0.966 bits per heavy atom. The summed E-state index contributed by atoms with van der Waals surface area (Å²) in [6.07, 6.45) is 1.37. The minimum Gasteiger partial charge on any atom is -0.267 e. The van der Waals surface area contributed by atoms with Gasteiger partial charge >= 0.3 is 0 Å². The lowest BCUT2D eigenvalue weighted by atomic mass is 10.1. The van der Waals surface area contributed by atoms with E-state index in [0.29, 0.717) is 11.1 Å². The minimum atomic E-state index is -0.477. The zero-order chi connectivity index (χ0) is 20.5. The molecule has 0 radical (unpaired) electrons. The number of nitro groups is 1. The third-order valence-corrected chi connectivity index (χ3v) is 5.13. The number of hydrogen-bond acceptors (Lipinski definition) is 5. The van der Waals surface area contributed by atoms with E-state index in [1.54, 1.807) is 24.3 Å². The van der Waals surface area contributed by atoms with Gasteiger partial charge in [-0.25, -0.2) is 5.43 Å². The summed E-state index contributed by atoms with van der Waals surface area (Å²) in [5.41, 5.74) is 5.87. The second-order valence-corrected chi connectivity index (χ2v) is 7.21. The van der Waals surface area contributed by atoms with Crippen molar-refractivity contribution in [1.29, 1.82) is 0 Å². The van der Waals surface area contributed by atoms with Crippen molar-refractivity contribution in [2.75, 3.05) is 0 Å². The predicted molar refractivity (Wildman–Crippen MR) is 116 cm³/mol. The maximum absolute atomic E-state index is 12.2. The fourth-order valence-electron chi connectivity index (χ4n) is 2.56. The average molecular weight is 405 g/mol. The van der Waals surface area contributed by atoms with E-state index in [1.165, 1.54) is 23.9 Å². The Hall–Kier alpha value is -3.45. The summed E-state index contributed by atoms with van der Waals surface area (Å²) in [5, 5.41) is 14.6. The van der Waals surface area contributed by atoms with E-state index in [1.807, 2.05) is 42.1 Å². The van der Waals surface area contributed by atoms with Crippen LogP contribution in [0.5, 0.6) is 0 Å². The Balaban J connectivity index is 1.49. The molecular weight excluding hydrogens is 386 g/mol. The highest BCUT2D eigenvalue weighted by molar-refractivity contribution is 7.97. The van der Waals surface area contributed by atoms with Crippen molar-refractivity contribution in [3.8, 4) is 0 Å². The summed E-state index contributed by atoms with van der Waals surface area (Å²) >= 11 is 1.82. The number of carbonyl (C=O) groups excluding carboxylic acids is 1. The zero-order valence-corrected chi connectivity index (χ0v) is 16.3. The van der Waals surface area contributed by atoms with Crippen molar-refractivity contribution in [3.05, 3.63) is 111 Å². The van der Waals surface area contributed by atoms with Crippen LogP contribution in [0.2, 0.25) is 0 Å². The van der Waals surface area contributed by atoms with Gasteiger partial charge in [0.2, 0.25) is 0 Å². The molecule has 0 aromatic heterocycles. The van der Waals surface area contributed by atoms with Crippen LogP contribution in [0.4, 0.5) is 5.69 Å². The highest BCUT2D eigenvalue weighted by Gasteiger charge is 2.06.